The molecule has 1 aliphatic heterocycles. The average Bonchev–Trinajstić information content (AvgIpc) is 2.29. The zero-order valence-electron chi connectivity index (χ0n) is 9.31. The highest BCUT2D eigenvalue weighted by Crippen LogP contribution is 2.21. The van der Waals surface area contributed by atoms with E-state index in [1.165, 1.54) is 6.20 Å². The number of carbonyl (C=O) groups excluding carboxylic acids is 1. The molecular formula is C11H16N4O. The molecule has 1 aromatic rings. The van der Waals surface area contributed by atoms with Crippen LogP contribution < -0.4 is 16.0 Å². The molecule has 1 atom stereocenters. The maximum Gasteiger partial charge on any atom is 0.252 e. The lowest BCUT2D eigenvalue weighted by Crippen LogP contribution is -2.50. The van der Waals surface area contributed by atoms with Crippen molar-refractivity contribution in [3.63, 3.8) is 0 Å². The Morgan fingerprint density at radius 1 is 1.69 bits per heavy atom. The van der Waals surface area contributed by atoms with E-state index in [2.05, 4.69) is 22.1 Å². The molecule has 1 unspecified atom stereocenters. The smallest absolute Gasteiger partial charge is 0.252 e. The number of nitrogens with two attached hydrogens (primary N) is 1. The van der Waals surface area contributed by atoms with E-state index in [1.54, 1.807) is 6.20 Å². The third kappa shape index (κ3) is 1.99. The van der Waals surface area contributed by atoms with E-state index in [0.717, 1.165) is 25.3 Å². The van der Waals surface area contributed by atoms with Gasteiger partial charge in [-0.05, 0) is 13.0 Å². The van der Waals surface area contributed by atoms with E-state index in [0.29, 0.717) is 11.6 Å². The van der Waals surface area contributed by atoms with Gasteiger partial charge in [0.1, 0.15) is 0 Å². The Morgan fingerprint density at radius 3 is 3.19 bits per heavy atom. The molecule has 1 aliphatic rings. The Kier molecular flexibility index (Phi) is 3.05. The lowest BCUT2D eigenvalue weighted by atomic mass is 10.1. The van der Waals surface area contributed by atoms with Crippen LogP contribution in [0.5, 0.6) is 0 Å². The van der Waals surface area contributed by atoms with E-state index in [4.69, 9.17) is 5.73 Å². The van der Waals surface area contributed by atoms with Crippen molar-refractivity contribution in [3.8, 4) is 0 Å². The Bertz CT molecular complexity index is 393. The standard InChI is InChI=1S/C11H16N4O/c1-8-6-14-4-5-15(8)10-2-3-13-7-9(10)11(12)16/h2-3,7-8,14H,4-6H2,1H3,(H2,12,16). The van der Waals surface area contributed by atoms with Gasteiger partial charge in [-0.2, -0.15) is 0 Å². The van der Waals surface area contributed by atoms with Crippen molar-refractivity contribution < 1.29 is 4.79 Å². The van der Waals surface area contributed by atoms with Crippen molar-refractivity contribution in [2.24, 2.45) is 5.73 Å². The fourth-order valence-electron chi connectivity index (χ4n) is 2.03. The Morgan fingerprint density at radius 2 is 2.50 bits per heavy atom. The zero-order valence-corrected chi connectivity index (χ0v) is 9.31. The van der Waals surface area contributed by atoms with Crippen LogP contribution >= 0.6 is 0 Å². The first-order valence-electron chi connectivity index (χ1n) is 5.41. The highest BCUT2D eigenvalue weighted by atomic mass is 16.1. The normalized spacial score (nSPS) is 20.8. The summed E-state index contributed by atoms with van der Waals surface area (Å²) >= 11 is 0. The second-order valence-electron chi connectivity index (χ2n) is 4.00. The number of piperazine rings is 1. The maximum absolute atomic E-state index is 11.3. The highest BCUT2D eigenvalue weighted by Gasteiger charge is 2.21. The molecule has 3 N–H and O–H groups in total. The van der Waals surface area contributed by atoms with Crippen LogP contribution in [-0.4, -0.2) is 36.6 Å². The molecule has 0 aromatic carbocycles. The van der Waals surface area contributed by atoms with E-state index in [-0.39, 0.29) is 0 Å². The number of hydrogen-bond donors (Lipinski definition) is 2. The summed E-state index contributed by atoms with van der Waals surface area (Å²) in [5, 5.41) is 3.31. The van der Waals surface area contributed by atoms with Gasteiger partial charge in [-0.3, -0.25) is 9.78 Å². The van der Waals surface area contributed by atoms with E-state index in [1.807, 2.05) is 6.07 Å². The van der Waals surface area contributed by atoms with Gasteiger partial charge < -0.3 is 16.0 Å². The van der Waals surface area contributed by atoms with E-state index in [9.17, 15) is 4.79 Å². The predicted molar refractivity (Wildman–Crippen MR) is 62.4 cm³/mol. The van der Waals surface area contributed by atoms with Crippen LogP contribution in [0, 0.1) is 0 Å². The molecule has 0 spiro atoms. The number of carbonyl (C=O) groups is 1. The molecule has 0 saturated carbocycles. The Labute approximate surface area is 94.6 Å². The monoisotopic (exact) mass is 220 g/mol. The quantitative estimate of drug-likeness (QED) is 0.734. The zero-order chi connectivity index (χ0) is 11.5. The molecule has 1 aromatic heterocycles. The Balaban J connectivity index is 2.34. The van der Waals surface area contributed by atoms with Crippen molar-refractivity contribution in [1.29, 1.82) is 0 Å². The van der Waals surface area contributed by atoms with Crippen LogP contribution in [0.25, 0.3) is 0 Å². The number of anilines is 1. The molecule has 2 rings (SSSR count). The highest BCUT2D eigenvalue weighted by molar-refractivity contribution is 5.98. The topological polar surface area (TPSA) is 71.2 Å². The number of primary amides is 1. The van der Waals surface area contributed by atoms with Gasteiger partial charge in [0.2, 0.25) is 0 Å². The lowest BCUT2D eigenvalue weighted by molar-refractivity contribution is 0.100. The summed E-state index contributed by atoms with van der Waals surface area (Å²) < 4.78 is 0. The molecule has 1 saturated heterocycles. The summed E-state index contributed by atoms with van der Waals surface area (Å²) in [6.07, 6.45) is 3.23. The largest absolute Gasteiger partial charge is 0.366 e. The number of nitrogens with one attached hydrogen (secondary N) is 1. The third-order valence-electron chi connectivity index (χ3n) is 2.87. The van der Waals surface area contributed by atoms with Crippen LogP contribution in [0.2, 0.25) is 0 Å². The molecule has 86 valence electrons. The average molecular weight is 220 g/mol. The number of amides is 1. The third-order valence-corrected chi connectivity index (χ3v) is 2.87. The minimum atomic E-state index is -0.422. The van der Waals surface area contributed by atoms with Crippen molar-refractivity contribution >= 4 is 11.6 Å². The molecule has 1 amide bonds. The fraction of sp³-hybridized carbons (Fsp3) is 0.455. The summed E-state index contributed by atoms with van der Waals surface area (Å²) in [6.45, 7) is 4.84. The first-order valence-corrected chi connectivity index (χ1v) is 5.41. The van der Waals surface area contributed by atoms with Gasteiger partial charge in [-0.25, -0.2) is 0 Å². The van der Waals surface area contributed by atoms with Gasteiger partial charge in [0.05, 0.1) is 11.3 Å². The van der Waals surface area contributed by atoms with Crippen LogP contribution in [0.4, 0.5) is 5.69 Å². The second-order valence-corrected chi connectivity index (χ2v) is 4.00. The first kappa shape index (κ1) is 10.9. The fourth-order valence-corrected chi connectivity index (χ4v) is 2.03. The second kappa shape index (κ2) is 4.49. The molecule has 16 heavy (non-hydrogen) atoms. The van der Waals surface area contributed by atoms with Crippen molar-refractivity contribution in [3.05, 3.63) is 24.0 Å². The van der Waals surface area contributed by atoms with Gasteiger partial charge in [0, 0.05) is 38.1 Å². The SMILES string of the molecule is CC1CNCCN1c1ccncc1C(N)=O. The van der Waals surface area contributed by atoms with Gasteiger partial charge in [-0.1, -0.05) is 0 Å². The molecule has 0 aliphatic carbocycles. The molecule has 0 radical (unpaired) electrons. The van der Waals surface area contributed by atoms with E-state index < -0.39 is 5.91 Å². The van der Waals surface area contributed by atoms with Crippen LogP contribution in [0.3, 0.4) is 0 Å². The van der Waals surface area contributed by atoms with Crippen molar-refractivity contribution in [2.45, 2.75) is 13.0 Å². The first-order chi connectivity index (χ1) is 7.70. The number of aromatic nitrogens is 1. The van der Waals surface area contributed by atoms with Gasteiger partial charge in [-0.15, -0.1) is 0 Å². The summed E-state index contributed by atoms with van der Waals surface area (Å²) in [5.41, 5.74) is 6.73. The molecule has 2 heterocycles. The van der Waals surface area contributed by atoms with E-state index >= 15 is 0 Å². The van der Waals surface area contributed by atoms with Crippen LogP contribution in [0.1, 0.15) is 17.3 Å². The Hall–Kier alpha value is -1.62. The predicted octanol–water partition coefficient (Wildman–Crippen LogP) is -0.0214. The van der Waals surface area contributed by atoms with Crippen molar-refractivity contribution in [2.75, 3.05) is 24.5 Å². The summed E-state index contributed by atoms with van der Waals surface area (Å²) in [7, 11) is 0. The number of nitrogens with zero attached hydrogens (tertiary/aromatic N) is 2. The lowest BCUT2D eigenvalue weighted by Gasteiger charge is -2.36. The summed E-state index contributed by atoms with van der Waals surface area (Å²) in [5.74, 6) is -0.422. The van der Waals surface area contributed by atoms with Crippen LogP contribution in [0.15, 0.2) is 18.5 Å². The van der Waals surface area contributed by atoms with Crippen molar-refractivity contribution in [1.82, 2.24) is 10.3 Å². The number of hydrogen-bond acceptors (Lipinski definition) is 4. The number of pyridine rings is 1. The minimum absolute atomic E-state index is 0.356. The van der Waals surface area contributed by atoms with Gasteiger partial charge in [0.15, 0.2) is 0 Å². The summed E-state index contributed by atoms with van der Waals surface area (Å²) in [6, 6.07) is 2.20. The van der Waals surface area contributed by atoms with Gasteiger partial charge in [0.25, 0.3) is 5.91 Å². The van der Waals surface area contributed by atoms with Crippen LogP contribution in [-0.2, 0) is 0 Å². The molecule has 5 nitrogen and oxygen atoms in total. The molecule has 0 bridgehead atoms. The minimum Gasteiger partial charge on any atom is -0.366 e. The molecule has 5 heteroatoms. The molecule has 1 fully saturated rings. The maximum atomic E-state index is 11.3. The summed E-state index contributed by atoms with van der Waals surface area (Å²) in [4.78, 5) is 17.4. The number of rotatable bonds is 2. The molecular weight excluding hydrogens is 204 g/mol. The van der Waals surface area contributed by atoms with Gasteiger partial charge >= 0.3 is 0 Å².